The van der Waals surface area contributed by atoms with Gasteiger partial charge in [-0.15, -0.1) is 0 Å². The maximum atomic E-state index is 13.1. The molecule has 0 saturated carbocycles. The summed E-state index contributed by atoms with van der Waals surface area (Å²) in [5.74, 6) is 0. The van der Waals surface area contributed by atoms with Gasteiger partial charge in [-0.05, 0) is 39.3 Å². The maximum Gasteiger partial charge on any atom is 0.407 e. The Bertz CT molecular complexity index is 969. The lowest BCUT2D eigenvalue weighted by molar-refractivity contribution is -0.904. The Hall–Kier alpha value is -2.39. The van der Waals surface area contributed by atoms with Crippen molar-refractivity contribution in [3.05, 3.63) is 36.7 Å². The molecule has 1 amide bonds. The van der Waals surface area contributed by atoms with E-state index in [-0.39, 0.29) is 17.5 Å². The van der Waals surface area contributed by atoms with Gasteiger partial charge in [0, 0.05) is 35.3 Å². The number of pyridine rings is 1. The molecule has 9 heteroatoms. The van der Waals surface area contributed by atoms with Gasteiger partial charge in [-0.25, -0.2) is 13.2 Å². The summed E-state index contributed by atoms with van der Waals surface area (Å²) in [6.45, 7) is 5.81. The van der Waals surface area contributed by atoms with Gasteiger partial charge in [0.2, 0.25) is 22.4 Å². The van der Waals surface area contributed by atoms with Crippen LogP contribution in [0, 0.1) is 0 Å². The molecule has 1 fully saturated rings. The third-order valence-corrected chi connectivity index (χ3v) is 6.18. The van der Waals surface area contributed by atoms with Crippen LogP contribution in [-0.2, 0) is 14.8 Å². The Balaban J connectivity index is 1.78. The van der Waals surface area contributed by atoms with E-state index in [4.69, 9.17) is 4.74 Å². The third kappa shape index (κ3) is 4.30. The minimum Gasteiger partial charge on any atom is -0.444 e. The highest BCUT2D eigenvalue weighted by molar-refractivity contribution is 7.89. The summed E-state index contributed by atoms with van der Waals surface area (Å²) in [6.07, 6.45) is 2.80. The van der Waals surface area contributed by atoms with E-state index in [0.717, 1.165) is 4.73 Å². The highest BCUT2D eigenvalue weighted by Crippen LogP contribution is 2.27. The van der Waals surface area contributed by atoms with Crippen molar-refractivity contribution in [1.29, 1.82) is 0 Å². The second-order valence-electron chi connectivity index (χ2n) is 7.58. The smallest absolute Gasteiger partial charge is 0.407 e. The van der Waals surface area contributed by atoms with Gasteiger partial charge in [-0.1, -0.05) is 6.07 Å². The molecule has 0 bridgehead atoms. The Kier molecular flexibility index (Phi) is 5.00. The number of alkyl carbamates (subject to hydrolysis) is 1. The third-order valence-electron chi connectivity index (χ3n) is 4.25. The SMILES string of the molecule is CC(C)(C)OC(=O)NC1CCN(S(=O)(=O)c2cccc3c[n+](O)ccc23)C1. The number of nitrogens with zero attached hydrogens (tertiary/aromatic N) is 2. The summed E-state index contributed by atoms with van der Waals surface area (Å²) in [5.41, 5.74) is -0.610. The number of benzene rings is 1. The number of nitrogens with one attached hydrogen (secondary N) is 1. The van der Waals surface area contributed by atoms with Gasteiger partial charge in [0.25, 0.3) is 0 Å². The van der Waals surface area contributed by atoms with E-state index >= 15 is 0 Å². The number of sulfonamides is 1. The number of carbonyl (C=O) groups excluding carboxylic acids is 1. The predicted octanol–water partition coefficient (Wildman–Crippen LogP) is 1.65. The van der Waals surface area contributed by atoms with Gasteiger partial charge in [0.05, 0.1) is 10.3 Å². The van der Waals surface area contributed by atoms with Gasteiger partial charge >= 0.3 is 6.09 Å². The summed E-state index contributed by atoms with van der Waals surface area (Å²) in [5, 5.41) is 13.4. The molecule has 0 spiro atoms. The van der Waals surface area contributed by atoms with Gasteiger partial charge < -0.3 is 10.1 Å². The summed E-state index contributed by atoms with van der Waals surface area (Å²) in [4.78, 5) is 12.1. The van der Waals surface area contributed by atoms with E-state index in [2.05, 4.69) is 5.32 Å². The van der Waals surface area contributed by atoms with Crippen molar-refractivity contribution in [2.24, 2.45) is 0 Å². The Labute approximate surface area is 158 Å². The van der Waals surface area contributed by atoms with E-state index in [0.29, 0.717) is 23.7 Å². The zero-order chi connectivity index (χ0) is 19.8. The highest BCUT2D eigenvalue weighted by atomic mass is 32.2. The molecule has 1 aromatic heterocycles. The Morgan fingerprint density at radius 2 is 2.07 bits per heavy atom. The first-order valence-electron chi connectivity index (χ1n) is 8.69. The molecule has 146 valence electrons. The number of aromatic nitrogens is 1. The molecule has 0 radical (unpaired) electrons. The number of fused-ring (bicyclic) bond motifs is 1. The molecule has 1 unspecified atom stereocenters. The number of rotatable bonds is 3. The molecular formula is C18H24N3O5S+. The van der Waals surface area contributed by atoms with Crippen LogP contribution in [0.3, 0.4) is 0 Å². The second kappa shape index (κ2) is 6.97. The standard InChI is InChI=1S/C18H23N3O5S/c1-18(2,3)26-17(22)19-14-7-10-21(12-14)27(24,25)16-6-4-5-13-11-20(23)9-8-15(13)16/h4-6,8-9,11,14H,7,10,12H2,1-3H3,(H-,19,22,23)/p+1. The zero-order valence-corrected chi connectivity index (χ0v) is 16.4. The molecule has 2 heterocycles. The number of carbonyl (C=O) groups is 1. The topological polar surface area (TPSA) is 99.8 Å². The largest absolute Gasteiger partial charge is 0.444 e. The fraction of sp³-hybridized carbons (Fsp3) is 0.444. The molecule has 1 saturated heterocycles. The molecule has 2 aromatic rings. The fourth-order valence-electron chi connectivity index (χ4n) is 3.09. The zero-order valence-electron chi connectivity index (χ0n) is 15.5. The first-order chi connectivity index (χ1) is 12.6. The van der Waals surface area contributed by atoms with Crippen molar-refractivity contribution in [2.45, 2.75) is 43.7 Å². The van der Waals surface area contributed by atoms with Crippen LogP contribution in [0.15, 0.2) is 41.6 Å². The minimum atomic E-state index is -3.73. The van der Waals surface area contributed by atoms with Crippen LogP contribution in [-0.4, -0.2) is 48.8 Å². The second-order valence-corrected chi connectivity index (χ2v) is 9.49. The summed E-state index contributed by atoms with van der Waals surface area (Å²) in [6, 6.07) is 6.19. The van der Waals surface area contributed by atoms with Gasteiger partial charge in [-0.2, -0.15) is 4.31 Å². The average Bonchev–Trinajstić information content (AvgIpc) is 3.01. The molecule has 0 aliphatic carbocycles. The first kappa shape index (κ1) is 19.4. The normalized spacial score (nSPS) is 18.6. The van der Waals surface area contributed by atoms with Gasteiger partial charge in [-0.3, -0.25) is 5.21 Å². The number of hydrogen-bond donors (Lipinski definition) is 2. The monoisotopic (exact) mass is 394 g/mol. The van der Waals surface area contributed by atoms with E-state index in [9.17, 15) is 18.4 Å². The average molecular weight is 394 g/mol. The lowest BCUT2D eigenvalue weighted by Crippen LogP contribution is -2.41. The molecule has 1 aromatic carbocycles. The molecule has 3 rings (SSSR count). The predicted molar refractivity (Wildman–Crippen MR) is 97.9 cm³/mol. The van der Waals surface area contributed by atoms with Crippen molar-refractivity contribution >= 4 is 26.9 Å². The molecule has 1 atom stereocenters. The molecule has 1 aliphatic rings. The van der Waals surface area contributed by atoms with Crippen molar-refractivity contribution < 1.29 is 27.9 Å². The molecule has 2 N–H and O–H groups in total. The van der Waals surface area contributed by atoms with Crippen LogP contribution in [0.5, 0.6) is 0 Å². The number of hydrogen-bond acceptors (Lipinski definition) is 5. The molecule has 1 aliphatic heterocycles. The number of ether oxygens (including phenoxy) is 1. The Morgan fingerprint density at radius 3 is 2.78 bits per heavy atom. The minimum absolute atomic E-state index is 0.179. The lowest BCUT2D eigenvalue weighted by Gasteiger charge is -2.22. The van der Waals surface area contributed by atoms with E-state index in [1.165, 1.54) is 16.7 Å². The molecular weight excluding hydrogens is 370 g/mol. The summed E-state index contributed by atoms with van der Waals surface area (Å²) < 4.78 is 33.7. The van der Waals surface area contributed by atoms with Gasteiger partial charge in [0.1, 0.15) is 5.60 Å². The van der Waals surface area contributed by atoms with Crippen LogP contribution in [0.1, 0.15) is 27.2 Å². The van der Waals surface area contributed by atoms with Crippen LogP contribution in [0.4, 0.5) is 4.79 Å². The quantitative estimate of drug-likeness (QED) is 0.609. The summed E-state index contributed by atoms with van der Waals surface area (Å²) in [7, 11) is -3.73. The molecule has 8 nitrogen and oxygen atoms in total. The fourth-order valence-corrected chi connectivity index (χ4v) is 4.81. The van der Waals surface area contributed by atoms with Crippen LogP contribution in [0.2, 0.25) is 0 Å². The van der Waals surface area contributed by atoms with Crippen LogP contribution in [0.25, 0.3) is 10.8 Å². The first-order valence-corrected chi connectivity index (χ1v) is 10.1. The highest BCUT2D eigenvalue weighted by Gasteiger charge is 2.35. The van der Waals surface area contributed by atoms with Crippen molar-refractivity contribution in [3.8, 4) is 0 Å². The van der Waals surface area contributed by atoms with Crippen molar-refractivity contribution in [3.63, 3.8) is 0 Å². The Morgan fingerprint density at radius 1 is 1.33 bits per heavy atom. The molecule has 27 heavy (non-hydrogen) atoms. The number of amides is 1. The maximum absolute atomic E-state index is 13.1. The van der Waals surface area contributed by atoms with E-state index in [1.54, 1.807) is 45.0 Å². The van der Waals surface area contributed by atoms with Crippen molar-refractivity contribution in [2.75, 3.05) is 13.1 Å². The van der Waals surface area contributed by atoms with E-state index < -0.39 is 21.7 Å². The van der Waals surface area contributed by atoms with Crippen molar-refractivity contribution in [1.82, 2.24) is 9.62 Å². The van der Waals surface area contributed by atoms with Gasteiger partial charge in [0.15, 0.2) is 0 Å². The van der Waals surface area contributed by atoms with Crippen LogP contribution < -0.4 is 10.0 Å². The van der Waals surface area contributed by atoms with E-state index in [1.807, 2.05) is 0 Å². The summed E-state index contributed by atoms with van der Waals surface area (Å²) >= 11 is 0. The lowest BCUT2D eigenvalue weighted by atomic mass is 10.2. The van der Waals surface area contributed by atoms with Crippen LogP contribution >= 0.6 is 0 Å².